The SMILES string of the molecule is Nc1nc(N)nc(N)n1.O.[SnH].[Zn]. The number of anilines is 3. The van der Waals surface area contributed by atoms with Gasteiger partial charge in [0.05, 0.1) is 0 Å². The monoisotopic (exact) mass is 329 g/mol. The molecule has 0 bridgehead atoms. The quantitative estimate of drug-likeness (QED) is 0.436. The van der Waals surface area contributed by atoms with Crippen molar-refractivity contribution in [2.24, 2.45) is 0 Å². The van der Waals surface area contributed by atoms with Gasteiger partial charge in [0.2, 0.25) is 17.8 Å². The van der Waals surface area contributed by atoms with Crippen LogP contribution in [0.1, 0.15) is 0 Å². The first-order chi connectivity index (χ1) is 4.18. The van der Waals surface area contributed by atoms with Crippen molar-refractivity contribution in [1.29, 1.82) is 0 Å². The molecule has 0 saturated heterocycles. The van der Waals surface area contributed by atoms with E-state index in [1.54, 1.807) is 0 Å². The van der Waals surface area contributed by atoms with Gasteiger partial charge in [0.1, 0.15) is 0 Å². The van der Waals surface area contributed by atoms with E-state index in [0.29, 0.717) is 0 Å². The molecule has 3 radical (unpaired) electrons. The molecule has 0 unspecified atom stereocenters. The normalized spacial score (nSPS) is 7.00. The van der Waals surface area contributed by atoms with Crippen molar-refractivity contribution < 1.29 is 25.0 Å². The van der Waals surface area contributed by atoms with Crippen LogP contribution in [0.3, 0.4) is 0 Å². The summed E-state index contributed by atoms with van der Waals surface area (Å²) in [6.45, 7) is 0. The topological polar surface area (TPSA) is 148 Å². The van der Waals surface area contributed by atoms with E-state index in [4.69, 9.17) is 17.2 Å². The molecule has 0 spiro atoms. The van der Waals surface area contributed by atoms with Crippen LogP contribution in [-0.2, 0) is 19.5 Å². The van der Waals surface area contributed by atoms with E-state index < -0.39 is 0 Å². The summed E-state index contributed by atoms with van der Waals surface area (Å²) >= 11 is 0. The van der Waals surface area contributed by atoms with Crippen LogP contribution < -0.4 is 17.2 Å². The number of hydrogen-bond acceptors (Lipinski definition) is 6. The average Bonchev–Trinajstić information content (AvgIpc) is 1.59. The maximum atomic E-state index is 5.14. The second kappa shape index (κ2) is 7.44. The summed E-state index contributed by atoms with van der Waals surface area (Å²) in [5.41, 5.74) is 15.4. The van der Waals surface area contributed by atoms with Crippen molar-refractivity contribution >= 4 is 41.8 Å². The van der Waals surface area contributed by atoms with Crippen LogP contribution in [0.15, 0.2) is 0 Å². The van der Waals surface area contributed by atoms with Gasteiger partial charge in [-0.05, 0) is 0 Å². The molecule has 1 aromatic heterocycles. The molecule has 0 saturated carbocycles. The van der Waals surface area contributed by atoms with Crippen molar-refractivity contribution in [2.45, 2.75) is 0 Å². The first kappa shape index (κ1) is 17.8. The Balaban J connectivity index is -0.000000270. The minimum Gasteiger partial charge on any atom is 0 e. The third-order valence-electron chi connectivity index (χ3n) is 0.687. The Bertz CT molecular complexity index is 184. The second-order valence-corrected chi connectivity index (χ2v) is 1.41. The van der Waals surface area contributed by atoms with E-state index in [1.807, 2.05) is 0 Å². The summed E-state index contributed by atoms with van der Waals surface area (Å²) in [6, 6.07) is 0. The molecule has 63 valence electrons. The van der Waals surface area contributed by atoms with E-state index in [9.17, 15) is 0 Å². The van der Waals surface area contributed by atoms with E-state index in [0.717, 1.165) is 0 Å². The van der Waals surface area contributed by atoms with Crippen molar-refractivity contribution in [3.05, 3.63) is 0 Å². The van der Waals surface area contributed by atoms with Gasteiger partial charge in [-0.25, -0.2) is 0 Å². The van der Waals surface area contributed by atoms with Crippen LogP contribution in [0.4, 0.5) is 17.8 Å². The third kappa shape index (κ3) is 5.44. The number of nitrogen functional groups attached to an aromatic ring is 3. The minimum atomic E-state index is 0. The fraction of sp³-hybridized carbons (Fsp3) is 0. The largest absolute Gasteiger partial charge is 0 e. The van der Waals surface area contributed by atoms with Gasteiger partial charge >= 0.3 is 23.9 Å². The molecule has 1 rings (SSSR count). The first-order valence-corrected chi connectivity index (χ1v) is 2.21. The summed E-state index contributed by atoms with van der Waals surface area (Å²) in [5.74, 6) is 0.125. The van der Waals surface area contributed by atoms with Crippen LogP contribution in [0.2, 0.25) is 0 Å². The summed E-state index contributed by atoms with van der Waals surface area (Å²) in [4.78, 5) is 10.5. The molecule has 0 aliphatic heterocycles. The van der Waals surface area contributed by atoms with Crippen LogP contribution >= 0.6 is 0 Å². The third-order valence-corrected chi connectivity index (χ3v) is 0.687. The molecule has 9 heteroatoms. The maximum Gasteiger partial charge on any atom is 0 e. The van der Waals surface area contributed by atoms with Crippen LogP contribution in [0, 0.1) is 0 Å². The van der Waals surface area contributed by atoms with E-state index >= 15 is 0 Å². The number of nitrogens with zero attached hydrogens (tertiary/aromatic N) is 3. The van der Waals surface area contributed by atoms with Crippen LogP contribution in [-0.4, -0.2) is 44.3 Å². The molecule has 0 fully saturated rings. The average molecular weight is 329 g/mol. The fourth-order valence-corrected chi connectivity index (χ4v) is 0.427. The van der Waals surface area contributed by atoms with Crippen molar-refractivity contribution in [2.75, 3.05) is 17.2 Å². The molecule has 0 aliphatic rings. The summed E-state index contributed by atoms with van der Waals surface area (Å²) in [5, 5.41) is 0. The van der Waals surface area contributed by atoms with Crippen molar-refractivity contribution in [3.63, 3.8) is 0 Å². The summed E-state index contributed by atoms with van der Waals surface area (Å²) < 4.78 is 0. The molecule has 7 nitrogen and oxygen atoms in total. The summed E-state index contributed by atoms with van der Waals surface area (Å²) in [6.07, 6.45) is 0. The number of hydrogen-bond donors (Lipinski definition) is 3. The Morgan fingerprint density at radius 1 is 0.750 bits per heavy atom. The van der Waals surface area contributed by atoms with Gasteiger partial charge in [-0.2, -0.15) is 15.0 Å². The standard InChI is InChI=1S/C3H6N6.H2O.Sn.Zn.H/c4-1-7-2(5)9-3(6)8-1;;;;/h(H6,4,5,6,7,8,9);1H2;;;. The van der Waals surface area contributed by atoms with E-state index in [1.165, 1.54) is 0 Å². The molecule has 8 N–H and O–H groups in total. The Morgan fingerprint density at radius 2 is 0.917 bits per heavy atom. The van der Waals surface area contributed by atoms with Gasteiger partial charge < -0.3 is 22.7 Å². The van der Waals surface area contributed by atoms with Gasteiger partial charge in [-0.1, -0.05) is 0 Å². The Morgan fingerprint density at radius 3 is 1.08 bits per heavy atom. The zero-order chi connectivity index (χ0) is 6.85. The molecular formula is C3H9N6OSnZn. The second-order valence-electron chi connectivity index (χ2n) is 1.41. The van der Waals surface area contributed by atoms with Gasteiger partial charge in [0.25, 0.3) is 0 Å². The Kier molecular flexibility index (Phi) is 11.0. The van der Waals surface area contributed by atoms with Gasteiger partial charge in [-0.3, -0.25) is 0 Å². The van der Waals surface area contributed by atoms with Gasteiger partial charge in [0.15, 0.2) is 0 Å². The number of rotatable bonds is 0. The zero-order valence-electron chi connectivity index (χ0n) is 6.36. The Labute approximate surface area is 98.6 Å². The fourth-order valence-electron chi connectivity index (χ4n) is 0.427. The molecule has 1 aromatic rings. The zero-order valence-corrected chi connectivity index (χ0v) is 12.6. The van der Waals surface area contributed by atoms with Crippen LogP contribution in [0.5, 0.6) is 0 Å². The molecule has 0 atom stereocenters. The minimum absolute atomic E-state index is 0. The van der Waals surface area contributed by atoms with Gasteiger partial charge in [0, 0.05) is 19.5 Å². The molecule has 1 heterocycles. The smallest absolute Gasteiger partial charge is 0 e. The maximum absolute atomic E-state index is 5.14. The molecule has 12 heavy (non-hydrogen) atoms. The molecular weight excluding hydrogens is 320 g/mol. The molecule has 0 amide bonds. The molecule has 0 aliphatic carbocycles. The number of aromatic nitrogens is 3. The Hall–Kier alpha value is -0.208. The van der Waals surface area contributed by atoms with Crippen LogP contribution in [0.25, 0.3) is 0 Å². The van der Waals surface area contributed by atoms with Gasteiger partial charge in [-0.15, -0.1) is 0 Å². The number of nitrogens with two attached hydrogens (primary N) is 3. The van der Waals surface area contributed by atoms with Crippen molar-refractivity contribution in [1.82, 2.24) is 15.0 Å². The predicted molar refractivity (Wildman–Crippen MR) is 43.8 cm³/mol. The predicted octanol–water partition coefficient (Wildman–Crippen LogP) is -2.86. The van der Waals surface area contributed by atoms with E-state index in [2.05, 4.69) is 15.0 Å². The molecule has 0 aromatic carbocycles. The first-order valence-electron chi connectivity index (χ1n) is 2.21. The van der Waals surface area contributed by atoms with E-state index in [-0.39, 0.29) is 66.7 Å². The van der Waals surface area contributed by atoms with Crippen molar-refractivity contribution in [3.8, 4) is 0 Å². The summed E-state index contributed by atoms with van der Waals surface area (Å²) in [7, 11) is 0.